The second kappa shape index (κ2) is 9.55. The molecule has 0 amide bonds. The Morgan fingerprint density at radius 3 is 2.37 bits per heavy atom. The molecular formula is C25H26N6O3S. The summed E-state index contributed by atoms with van der Waals surface area (Å²) in [5.74, 6) is 3.73. The van der Waals surface area contributed by atoms with Crippen molar-refractivity contribution in [1.82, 2.24) is 15.3 Å². The van der Waals surface area contributed by atoms with Gasteiger partial charge < -0.3 is 34.6 Å². The number of thiocarbonyl (C=S) groups is 1. The fourth-order valence-electron chi connectivity index (χ4n) is 4.47. The van der Waals surface area contributed by atoms with Gasteiger partial charge in [0, 0.05) is 38.8 Å². The molecule has 0 radical (unpaired) electrons. The zero-order valence-electron chi connectivity index (χ0n) is 19.2. The number of morpholine rings is 1. The zero-order chi connectivity index (χ0) is 23.6. The van der Waals surface area contributed by atoms with E-state index in [9.17, 15) is 0 Å². The number of anilines is 3. The van der Waals surface area contributed by atoms with Crippen molar-refractivity contribution in [1.29, 1.82) is 0 Å². The summed E-state index contributed by atoms with van der Waals surface area (Å²) in [5.41, 5.74) is 3.70. The molecule has 1 aromatic heterocycles. The summed E-state index contributed by atoms with van der Waals surface area (Å²) in [6.07, 6.45) is 0. The van der Waals surface area contributed by atoms with E-state index in [-0.39, 0.29) is 6.79 Å². The molecule has 3 aliphatic rings. The number of nitrogens with zero attached hydrogens (tertiary/aromatic N) is 4. The molecule has 0 saturated carbocycles. The quantitative estimate of drug-likeness (QED) is 0.521. The van der Waals surface area contributed by atoms with Gasteiger partial charge in [-0.2, -0.15) is 9.97 Å². The Bertz CT molecular complexity index is 1220. The topological polar surface area (TPSA) is 84.0 Å². The molecule has 1 saturated heterocycles. The van der Waals surface area contributed by atoms with Gasteiger partial charge in [0.2, 0.25) is 12.7 Å². The van der Waals surface area contributed by atoms with Gasteiger partial charge in [-0.25, -0.2) is 0 Å². The Labute approximate surface area is 209 Å². The molecule has 180 valence electrons. The highest BCUT2D eigenvalue weighted by Crippen LogP contribution is 2.32. The standard InChI is InChI=1S/C25H26N6O3S/c35-25(26-13-17-5-6-20-21(11-17)34-16-33-20)29-24-27-22(30-7-9-32-10-8-30)12-23(28-24)31-14-18-3-1-2-4-19(18)15-31/h1-6,11-12H,7-10,13-16H2,(H2,26,27,28,29,35). The predicted octanol–water partition coefficient (Wildman–Crippen LogP) is 3.05. The van der Waals surface area contributed by atoms with Crippen molar-refractivity contribution in [2.45, 2.75) is 19.6 Å². The molecule has 35 heavy (non-hydrogen) atoms. The first-order valence-electron chi connectivity index (χ1n) is 11.7. The van der Waals surface area contributed by atoms with Crippen LogP contribution >= 0.6 is 12.2 Å². The van der Waals surface area contributed by atoms with Gasteiger partial charge in [0.25, 0.3) is 0 Å². The van der Waals surface area contributed by atoms with E-state index in [4.69, 9.17) is 36.4 Å². The Morgan fingerprint density at radius 1 is 0.886 bits per heavy atom. The van der Waals surface area contributed by atoms with Crippen LogP contribution in [0.2, 0.25) is 0 Å². The third-order valence-electron chi connectivity index (χ3n) is 6.31. The normalized spacial score (nSPS) is 16.2. The number of benzene rings is 2. The van der Waals surface area contributed by atoms with E-state index >= 15 is 0 Å². The molecular weight excluding hydrogens is 464 g/mol. The van der Waals surface area contributed by atoms with Gasteiger partial charge in [0.05, 0.1) is 13.2 Å². The van der Waals surface area contributed by atoms with Gasteiger partial charge in [0.15, 0.2) is 16.6 Å². The second-order valence-corrected chi connectivity index (χ2v) is 9.04. The molecule has 1 fully saturated rings. The molecule has 0 atom stereocenters. The molecule has 0 bridgehead atoms. The molecule has 6 rings (SSSR count). The van der Waals surface area contributed by atoms with Gasteiger partial charge in [-0.05, 0) is 41.0 Å². The lowest BCUT2D eigenvalue weighted by molar-refractivity contribution is 0.122. The SMILES string of the molecule is S=C(NCc1ccc2c(c1)OCO2)Nc1nc(N2CCOCC2)cc(N2Cc3ccccc3C2)n1. The average molecular weight is 491 g/mol. The van der Waals surface area contributed by atoms with Crippen LogP contribution in [0.3, 0.4) is 0 Å². The average Bonchev–Trinajstić information content (AvgIpc) is 3.54. The minimum atomic E-state index is 0.257. The highest BCUT2D eigenvalue weighted by atomic mass is 32.1. The van der Waals surface area contributed by atoms with Crippen molar-refractivity contribution < 1.29 is 14.2 Å². The molecule has 0 aliphatic carbocycles. The van der Waals surface area contributed by atoms with Crippen LogP contribution < -0.4 is 29.9 Å². The van der Waals surface area contributed by atoms with Crippen LogP contribution in [-0.2, 0) is 24.4 Å². The fourth-order valence-corrected chi connectivity index (χ4v) is 4.63. The fraction of sp³-hybridized carbons (Fsp3) is 0.320. The summed E-state index contributed by atoms with van der Waals surface area (Å²) in [6, 6.07) is 16.4. The van der Waals surface area contributed by atoms with Crippen LogP contribution in [0.5, 0.6) is 11.5 Å². The number of hydrogen-bond acceptors (Lipinski definition) is 8. The Kier molecular flexibility index (Phi) is 5.97. The van der Waals surface area contributed by atoms with E-state index in [0.29, 0.717) is 30.8 Å². The summed E-state index contributed by atoms with van der Waals surface area (Å²) in [4.78, 5) is 14.1. The summed E-state index contributed by atoms with van der Waals surface area (Å²) >= 11 is 5.56. The van der Waals surface area contributed by atoms with Crippen LogP contribution in [0.25, 0.3) is 0 Å². The van der Waals surface area contributed by atoms with Crippen LogP contribution in [0, 0.1) is 0 Å². The number of aromatic nitrogens is 2. The smallest absolute Gasteiger partial charge is 0.232 e. The maximum Gasteiger partial charge on any atom is 0.232 e. The minimum absolute atomic E-state index is 0.257. The molecule has 3 aliphatic heterocycles. The molecule has 4 heterocycles. The number of fused-ring (bicyclic) bond motifs is 2. The van der Waals surface area contributed by atoms with E-state index in [1.54, 1.807) is 0 Å². The molecule has 0 spiro atoms. The van der Waals surface area contributed by atoms with Crippen molar-refractivity contribution in [2.75, 3.05) is 48.2 Å². The van der Waals surface area contributed by atoms with Crippen LogP contribution in [-0.4, -0.2) is 48.2 Å². The first-order valence-corrected chi connectivity index (χ1v) is 12.1. The van der Waals surface area contributed by atoms with E-state index in [0.717, 1.165) is 54.9 Å². The Balaban J connectivity index is 1.18. The van der Waals surface area contributed by atoms with Gasteiger partial charge in [-0.1, -0.05) is 30.3 Å². The third kappa shape index (κ3) is 4.80. The van der Waals surface area contributed by atoms with Crippen molar-refractivity contribution in [3.8, 4) is 11.5 Å². The maximum atomic E-state index is 5.56. The van der Waals surface area contributed by atoms with Crippen molar-refractivity contribution in [3.05, 3.63) is 65.2 Å². The van der Waals surface area contributed by atoms with Crippen molar-refractivity contribution >= 4 is 34.9 Å². The highest BCUT2D eigenvalue weighted by Gasteiger charge is 2.23. The molecule has 2 N–H and O–H groups in total. The first kappa shape index (κ1) is 21.9. The first-order chi connectivity index (χ1) is 17.2. The van der Waals surface area contributed by atoms with Gasteiger partial charge in [-0.15, -0.1) is 0 Å². The highest BCUT2D eigenvalue weighted by molar-refractivity contribution is 7.80. The molecule has 2 aromatic carbocycles. The summed E-state index contributed by atoms with van der Waals surface area (Å²) < 4.78 is 16.4. The lowest BCUT2D eigenvalue weighted by Gasteiger charge is -2.29. The third-order valence-corrected chi connectivity index (χ3v) is 6.56. The summed E-state index contributed by atoms with van der Waals surface area (Å²) in [6.45, 7) is 5.41. The Morgan fingerprint density at radius 2 is 1.60 bits per heavy atom. The zero-order valence-corrected chi connectivity index (χ0v) is 20.0. The van der Waals surface area contributed by atoms with E-state index in [1.165, 1.54) is 11.1 Å². The van der Waals surface area contributed by atoms with Crippen molar-refractivity contribution in [3.63, 3.8) is 0 Å². The van der Waals surface area contributed by atoms with E-state index in [1.807, 2.05) is 18.2 Å². The van der Waals surface area contributed by atoms with Crippen LogP contribution in [0.1, 0.15) is 16.7 Å². The maximum absolute atomic E-state index is 5.56. The van der Waals surface area contributed by atoms with Gasteiger partial charge in [0.1, 0.15) is 11.6 Å². The number of ether oxygens (including phenoxy) is 3. The monoisotopic (exact) mass is 490 g/mol. The van der Waals surface area contributed by atoms with Gasteiger partial charge >= 0.3 is 0 Å². The minimum Gasteiger partial charge on any atom is -0.454 e. The molecule has 9 nitrogen and oxygen atoms in total. The predicted molar refractivity (Wildman–Crippen MR) is 137 cm³/mol. The van der Waals surface area contributed by atoms with Gasteiger partial charge in [-0.3, -0.25) is 0 Å². The van der Waals surface area contributed by atoms with E-state index < -0.39 is 0 Å². The number of rotatable bonds is 5. The largest absolute Gasteiger partial charge is 0.454 e. The molecule has 3 aromatic rings. The lowest BCUT2D eigenvalue weighted by atomic mass is 10.1. The summed E-state index contributed by atoms with van der Waals surface area (Å²) in [5, 5.41) is 6.88. The Hall–Kier alpha value is -3.63. The van der Waals surface area contributed by atoms with Crippen molar-refractivity contribution in [2.24, 2.45) is 0 Å². The summed E-state index contributed by atoms with van der Waals surface area (Å²) in [7, 11) is 0. The van der Waals surface area contributed by atoms with Crippen LogP contribution in [0.15, 0.2) is 48.5 Å². The lowest BCUT2D eigenvalue weighted by Crippen LogP contribution is -2.37. The molecule has 10 heteroatoms. The second-order valence-electron chi connectivity index (χ2n) is 8.63. The number of hydrogen-bond donors (Lipinski definition) is 2. The number of nitrogens with one attached hydrogen (secondary N) is 2. The van der Waals surface area contributed by atoms with E-state index in [2.05, 4.69) is 50.8 Å². The van der Waals surface area contributed by atoms with Crippen LogP contribution in [0.4, 0.5) is 17.6 Å². The molecule has 0 unspecified atom stereocenters.